The molecule has 3 rings (SSSR count). The van der Waals surface area contributed by atoms with Crippen molar-refractivity contribution in [3.63, 3.8) is 0 Å². The first kappa shape index (κ1) is 18.5. The number of nitrogens with zero attached hydrogens (tertiary/aromatic N) is 1. The van der Waals surface area contributed by atoms with E-state index in [0.717, 1.165) is 25.9 Å². The molecule has 2 aromatic rings. The third kappa shape index (κ3) is 4.90. The van der Waals surface area contributed by atoms with E-state index >= 15 is 0 Å². The lowest BCUT2D eigenvalue weighted by atomic mass is 10.2. The Morgan fingerprint density at radius 2 is 1.54 bits per heavy atom. The van der Waals surface area contributed by atoms with E-state index in [-0.39, 0.29) is 18.4 Å². The Hall–Kier alpha value is -2.24. The van der Waals surface area contributed by atoms with Crippen LogP contribution >= 0.6 is 23.2 Å². The topological polar surface area (TPSA) is 61.4 Å². The second-order valence-corrected chi connectivity index (χ2v) is 7.01. The minimum atomic E-state index is -0.209. The third-order valence-corrected chi connectivity index (χ3v) is 4.56. The molecule has 2 amide bonds. The first-order chi connectivity index (χ1) is 12.5. The van der Waals surface area contributed by atoms with Crippen molar-refractivity contribution in [2.45, 2.75) is 12.8 Å². The number of amides is 2. The summed E-state index contributed by atoms with van der Waals surface area (Å²) in [4.78, 5) is 26.2. The molecule has 1 fully saturated rings. The fourth-order valence-electron chi connectivity index (χ4n) is 2.84. The van der Waals surface area contributed by atoms with Gasteiger partial charge in [0.05, 0.1) is 6.54 Å². The number of benzene rings is 2. The van der Waals surface area contributed by atoms with Gasteiger partial charge in [0.1, 0.15) is 0 Å². The first-order valence-electron chi connectivity index (χ1n) is 8.40. The van der Waals surface area contributed by atoms with Gasteiger partial charge >= 0.3 is 0 Å². The average Bonchev–Trinajstić information content (AvgIpc) is 3.14. The quantitative estimate of drug-likeness (QED) is 0.799. The molecule has 7 heteroatoms. The number of nitrogens with one attached hydrogen (secondary N) is 2. The molecule has 2 aromatic carbocycles. The Balaban J connectivity index is 1.53. The normalized spacial score (nSPS) is 13.5. The van der Waals surface area contributed by atoms with Gasteiger partial charge in [-0.3, -0.25) is 9.59 Å². The predicted molar refractivity (Wildman–Crippen MR) is 105 cm³/mol. The molecule has 1 saturated heterocycles. The zero-order chi connectivity index (χ0) is 18.5. The molecular weight excluding hydrogens is 373 g/mol. The SMILES string of the molecule is O=C(CNc1cc(Cl)cc(Cl)c1)Nc1ccc(C(=O)N2CCCC2)cc1. The lowest BCUT2D eigenvalue weighted by Gasteiger charge is -2.15. The fraction of sp³-hybridized carbons (Fsp3) is 0.263. The Morgan fingerprint density at radius 1 is 0.923 bits per heavy atom. The molecule has 0 aromatic heterocycles. The number of halogens is 2. The number of carbonyl (C=O) groups excluding carboxylic acids is 2. The zero-order valence-corrected chi connectivity index (χ0v) is 15.6. The van der Waals surface area contributed by atoms with Crippen molar-refractivity contribution in [2.75, 3.05) is 30.3 Å². The van der Waals surface area contributed by atoms with Crippen LogP contribution in [0.2, 0.25) is 10.0 Å². The highest BCUT2D eigenvalue weighted by atomic mass is 35.5. The zero-order valence-electron chi connectivity index (χ0n) is 14.1. The predicted octanol–water partition coefficient (Wildman–Crippen LogP) is 4.28. The summed E-state index contributed by atoms with van der Waals surface area (Å²) < 4.78 is 0. The second-order valence-electron chi connectivity index (χ2n) is 6.14. The maximum absolute atomic E-state index is 12.3. The van der Waals surface area contributed by atoms with Gasteiger partial charge in [0.2, 0.25) is 5.91 Å². The van der Waals surface area contributed by atoms with Crippen LogP contribution in [0, 0.1) is 0 Å². The van der Waals surface area contributed by atoms with Crippen molar-refractivity contribution in [1.29, 1.82) is 0 Å². The van der Waals surface area contributed by atoms with Gasteiger partial charge in [-0.25, -0.2) is 0 Å². The lowest BCUT2D eigenvalue weighted by molar-refractivity contribution is -0.114. The number of carbonyl (C=O) groups is 2. The molecule has 1 aliphatic heterocycles. The maximum atomic E-state index is 12.3. The highest BCUT2D eigenvalue weighted by molar-refractivity contribution is 6.35. The molecule has 0 unspecified atom stereocenters. The summed E-state index contributed by atoms with van der Waals surface area (Å²) >= 11 is 11.9. The van der Waals surface area contributed by atoms with Crippen molar-refractivity contribution in [1.82, 2.24) is 4.90 Å². The van der Waals surface area contributed by atoms with Crippen LogP contribution in [0.3, 0.4) is 0 Å². The molecule has 1 heterocycles. The Labute approximate surface area is 162 Å². The largest absolute Gasteiger partial charge is 0.376 e. The van der Waals surface area contributed by atoms with Crippen molar-refractivity contribution in [3.8, 4) is 0 Å². The Kier molecular flexibility index (Phi) is 6.01. The summed E-state index contributed by atoms with van der Waals surface area (Å²) in [5.41, 5.74) is 1.94. The van der Waals surface area contributed by atoms with E-state index < -0.39 is 0 Å². The van der Waals surface area contributed by atoms with Gasteiger partial charge in [-0.15, -0.1) is 0 Å². The maximum Gasteiger partial charge on any atom is 0.253 e. The van der Waals surface area contributed by atoms with E-state index in [0.29, 0.717) is 27.0 Å². The van der Waals surface area contributed by atoms with Gasteiger partial charge in [-0.1, -0.05) is 23.2 Å². The smallest absolute Gasteiger partial charge is 0.253 e. The van der Waals surface area contributed by atoms with E-state index in [1.54, 1.807) is 42.5 Å². The van der Waals surface area contributed by atoms with Gasteiger partial charge in [0, 0.05) is 40.1 Å². The van der Waals surface area contributed by atoms with Gasteiger partial charge in [-0.2, -0.15) is 0 Å². The van der Waals surface area contributed by atoms with E-state index in [2.05, 4.69) is 10.6 Å². The van der Waals surface area contributed by atoms with Gasteiger partial charge in [0.15, 0.2) is 0 Å². The highest BCUT2D eigenvalue weighted by Crippen LogP contribution is 2.22. The summed E-state index contributed by atoms with van der Waals surface area (Å²) in [5.74, 6) is -0.167. The molecular formula is C19H19Cl2N3O2. The number of hydrogen-bond acceptors (Lipinski definition) is 3. The summed E-state index contributed by atoms with van der Waals surface area (Å²) in [6.45, 7) is 1.71. The monoisotopic (exact) mass is 391 g/mol. The highest BCUT2D eigenvalue weighted by Gasteiger charge is 2.19. The van der Waals surface area contributed by atoms with E-state index in [1.807, 2.05) is 4.90 Å². The van der Waals surface area contributed by atoms with E-state index in [4.69, 9.17) is 23.2 Å². The number of rotatable bonds is 5. The van der Waals surface area contributed by atoms with E-state index in [9.17, 15) is 9.59 Å². The minimum Gasteiger partial charge on any atom is -0.376 e. The summed E-state index contributed by atoms with van der Waals surface area (Å²) in [7, 11) is 0. The van der Waals surface area contributed by atoms with Crippen LogP contribution in [0.1, 0.15) is 23.2 Å². The molecule has 5 nitrogen and oxygen atoms in total. The second kappa shape index (κ2) is 8.43. The molecule has 0 bridgehead atoms. The van der Waals surface area contributed by atoms with Crippen molar-refractivity contribution < 1.29 is 9.59 Å². The molecule has 0 radical (unpaired) electrons. The van der Waals surface area contributed by atoms with Crippen molar-refractivity contribution in [3.05, 3.63) is 58.1 Å². The summed E-state index contributed by atoms with van der Waals surface area (Å²) in [6, 6.07) is 12.0. The number of likely N-dealkylation sites (tertiary alicyclic amines) is 1. The molecule has 0 spiro atoms. The Bertz CT molecular complexity index is 783. The Morgan fingerprint density at radius 3 is 2.15 bits per heavy atom. The van der Waals surface area contributed by atoms with Crippen LogP contribution in [-0.2, 0) is 4.79 Å². The summed E-state index contributed by atoms with van der Waals surface area (Å²) in [6.07, 6.45) is 2.12. The third-order valence-electron chi connectivity index (χ3n) is 4.12. The number of hydrogen-bond donors (Lipinski definition) is 2. The average molecular weight is 392 g/mol. The molecule has 0 atom stereocenters. The van der Waals surface area contributed by atoms with Crippen LogP contribution < -0.4 is 10.6 Å². The minimum absolute atomic E-state index is 0.0416. The molecule has 26 heavy (non-hydrogen) atoms. The van der Waals surface area contributed by atoms with Crippen molar-refractivity contribution >= 4 is 46.4 Å². The molecule has 1 aliphatic rings. The molecule has 0 saturated carbocycles. The van der Waals surface area contributed by atoms with Crippen LogP contribution in [0.15, 0.2) is 42.5 Å². The molecule has 2 N–H and O–H groups in total. The van der Waals surface area contributed by atoms with Crippen molar-refractivity contribution in [2.24, 2.45) is 0 Å². The number of anilines is 2. The van der Waals surface area contributed by atoms with Crippen LogP contribution in [-0.4, -0.2) is 36.3 Å². The summed E-state index contributed by atoms with van der Waals surface area (Å²) in [5, 5.41) is 6.75. The fourth-order valence-corrected chi connectivity index (χ4v) is 3.37. The molecule has 136 valence electrons. The van der Waals surface area contributed by atoms with Crippen LogP contribution in [0.5, 0.6) is 0 Å². The van der Waals surface area contributed by atoms with Gasteiger partial charge in [0.25, 0.3) is 5.91 Å². The lowest BCUT2D eigenvalue weighted by Crippen LogP contribution is -2.27. The standard InChI is InChI=1S/C19H19Cl2N3O2/c20-14-9-15(21)11-17(10-14)22-12-18(25)23-16-5-3-13(4-6-16)19(26)24-7-1-2-8-24/h3-6,9-11,22H,1-2,7-8,12H2,(H,23,25). The van der Waals surface area contributed by atoms with Crippen LogP contribution in [0.4, 0.5) is 11.4 Å². The molecule has 0 aliphatic carbocycles. The van der Waals surface area contributed by atoms with E-state index in [1.165, 1.54) is 0 Å². The van der Waals surface area contributed by atoms with Crippen LogP contribution in [0.25, 0.3) is 0 Å². The first-order valence-corrected chi connectivity index (χ1v) is 9.16. The van der Waals surface area contributed by atoms with Gasteiger partial charge in [-0.05, 0) is 55.3 Å². The van der Waals surface area contributed by atoms with Gasteiger partial charge < -0.3 is 15.5 Å².